The summed E-state index contributed by atoms with van der Waals surface area (Å²) in [6.45, 7) is 4.53. The van der Waals surface area contributed by atoms with Crippen molar-refractivity contribution in [3.05, 3.63) is 59.4 Å². The van der Waals surface area contributed by atoms with Crippen LogP contribution >= 0.6 is 11.6 Å². The average Bonchev–Trinajstić information content (AvgIpc) is 3.25. The van der Waals surface area contributed by atoms with Crippen LogP contribution in [0, 0.1) is 11.7 Å². The van der Waals surface area contributed by atoms with E-state index in [0.29, 0.717) is 36.0 Å². The molecule has 2 aromatic carbocycles. The molecule has 34 heavy (non-hydrogen) atoms. The van der Waals surface area contributed by atoms with E-state index in [4.69, 9.17) is 16.3 Å². The van der Waals surface area contributed by atoms with Crippen LogP contribution in [-0.2, 0) is 11.3 Å². The van der Waals surface area contributed by atoms with Crippen LogP contribution in [0.1, 0.15) is 26.7 Å². The minimum atomic E-state index is -1.10. The van der Waals surface area contributed by atoms with Gasteiger partial charge in [-0.3, -0.25) is 4.79 Å². The van der Waals surface area contributed by atoms with Crippen molar-refractivity contribution in [2.24, 2.45) is 5.92 Å². The van der Waals surface area contributed by atoms with E-state index in [-0.39, 0.29) is 30.7 Å². The second-order valence-corrected chi connectivity index (χ2v) is 9.44. The molecule has 1 amide bonds. The zero-order valence-electron chi connectivity index (χ0n) is 19.1. The molecule has 0 saturated carbocycles. The largest absolute Gasteiger partial charge is 0.486 e. The minimum Gasteiger partial charge on any atom is -0.486 e. The third-order valence-electron chi connectivity index (χ3n) is 5.84. The lowest BCUT2D eigenvalue weighted by Gasteiger charge is -2.45. The van der Waals surface area contributed by atoms with Crippen LogP contribution in [0.3, 0.4) is 0 Å². The van der Waals surface area contributed by atoms with Gasteiger partial charge in [0.2, 0.25) is 11.7 Å². The van der Waals surface area contributed by atoms with Crippen molar-refractivity contribution >= 4 is 17.5 Å². The third-order valence-corrected chi connectivity index (χ3v) is 6.09. The highest BCUT2D eigenvalue weighted by molar-refractivity contribution is 6.30. The van der Waals surface area contributed by atoms with E-state index in [1.807, 2.05) is 13.8 Å². The molecule has 10 heteroatoms. The molecule has 1 aliphatic rings. The summed E-state index contributed by atoms with van der Waals surface area (Å²) in [5, 5.41) is 24.3. The number of carbonyl (C=O) groups excluding carboxylic acids is 1. The van der Waals surface area contributed by atoms with Crippen molar-refractivity contribution in [1.82, 2.24) is 25.1 Å². The quantitative estimate of drug-likeness (QED) is 0.547. The van der Waals surface area contributed by atoms with E-state index in [1.54, 1.807) is 29.2 Å². The van der Waals surface area contributed by atoms with Crippen molar-refractivity contribution in [1.29, 1.82) is 0 Å². The van der Waals surface area contributed by atoms with E-state index in [9.17, 15) is 14.3 Å². The zero-order chi connectivity index (χ0) is 24.3. The lowest BCUT2D eigenvalue weighted by atomic mass is 9.81. The van der Waals surface area contributed by atoms with E-state index in [1.165, 1.54) is 29.1 Å². The van der Waals surface area contributed by atoms with Crippen molar-refractivity contribution < 1.29 is 19.0 Å². The average molecular weight is 488 g/mol. The Morgan fingerprint density at radius 2 is 1.94 bits per heavy atom. The Bertz CT molecular complexity index is 1120. The van der Waals surface area contributed by atoms with Gasteiger partial charge in [-0.15, -0.1) is 10.2 Å². The molecule has 0 aliphatic carbocycles. The number of likely N-dealkylation sites (tertiary alicyclic amines) is 1. The summed E-state index contributed by atoms with van der Waals surface area (Å²) >= 11 is 5.92. The number of halogens is 2. The number of aromatic nitrogens is 4. The molecule has 8 nitrogen and oxygen atoms in total. The number of rotatable bonds is 7. The Kier molecular flexibility index (Phi) is 7.13. The Morgan fingerprint density at radius 1 is 1.24 bits per heavy atom. The van der Waals surface area contributed by atoms with Crippen LogP contribution in [0.4, 0.5) is 4.39 Å². The van der Waals surface area contributed by atoms with Gasteiger partial charge in [-0.05, 0) is 72.5 Å². The van der Waals surface area contributed by atoms with Gasteiger partial charge in [-0.1, -0.05) is 25.4 Å². The summed E-state index contributed by atoms with van der Waals surface area (Å²) in [5.41, 5.74) is -0.361. The molecule has 0 bridgehead atoms. The number of hydrogen-bond acceptors (Lipinski definition) is 6. The molecule has 1 aromatic heterocycles. The first-order chi connectivity index (χ1) is 16.2. The Labute approximate surface area is 202 Å². The van der Waals surface area contributed by atoms with E-state index >= 15 is 0 Å². The molecule has 180 valence electrons. The molecule has 0 spiro atoms. The van der Waals surface area contributed by atoms with E-state index in [0.717, 1.165) is 5.56 Å². The summed E-state index contributed by atoms with van der Waals surface area (Å²) in [6, 6.07) is 12.7. The smallest absolute Gasteiger partial charge is 0.246 e. The molecule has 1 fully saturated rings. The van der Waals surface area contributed by atoms with Crippen molar-refractivity contribution in [2.45, 2.75) is 44.9 Å². The first-order valence-electron chi connectivity index (χ1n) is 11.2. The maximum Gasteiger partial charge on any atom is 0.246 e. The number of hydrogen-bond donors (Lipinski definition) is 1. The maximum absolute atomic E-state index is 13.3. The van der Waals surface area contributed by atoms with Gasteiger partial charge < -0.3 is 14.7 Å². The molecule has 2 atom stereocenters. The summed E-state index contributed by atoms with van der Waals surface area (Å²) in [4.78, 5) is 15.9. The molecular weight excluding hydrogens is 461 g/mol. The normalized spacial score (nSPS) is 20.5. The van der Waals surface area contributed by atoms with Crippen LogP contribution in [-0.4, -0.2) is 60.9 Å². The van der Waals surface area contributed by atoms with Crippen molar-refractivity contribution in [3.63, 3.8) is 0 Å². The van der Waals surface area contributed by atoms with E-state index < -0.39 is 11.7 Å². The molecule has 4 rings (SSSR count). The van der Waals surface area contributed by atoms with Crippen LogP contribution in [0.15, 0.2) is 48.5 Å². The van der Waals surface area contributed by atoms with Crippen LogP contribution in [0.25, 0.3) is 11.4 Å². The highest BCUT2D eigenvalue weighted by Gasteiger charge is 2.44. The molecule has 0 radical (unpaired) electrons. The molecule has 0 unspecified atom stereocenters. The van der Waals surface area contributed by atoms with Crippen LogP contribution in [0.5, 0.6) is 5.75 Å². The topological polar surface area (TPSA) is 93.4 Å². The number of tetrazole rings is 1. The number of aliphatic hydroxyl groups is 1. The molecule has 3 aromatic rings. The number of benzene rings is 2. The number of carbonyl (C=O) groups is 1. The zero-order valence-corrected chi connectivity index (χ0v) is 19.8. The fourth-order valence-electron chi connectivity index (χ4n) is 4.19. The first-order valence-corrected chi connectivity index (χ1v) is 11.6. The second kappa shape index (κ2) is 10.1. The first kappa shape index (κ1) is 24.1. The van der Waals surface area contributed by atoms with Gasteiger partial charge in [-0.2, -0.15) is 4.80 Å². The Morgan fingerprint density at radius 3 is 2.62 bits per heavy atom. The Balaban J connectivity index is 1.45. The predicted molar refractivity (Wildman–Crippen MR) is 125 cm³/mol. The van der Waals surface area contributed by atoms with Gasteiger partial charge in [0, 0.05) is 17.1 Å². The monoisotopic (exact) mass is 487 g/mol. The molecule has 1 aliphatic heterocycles. The highest BCUT2D eigenvalue weighted by atomic mass is 35.5. The number of ether oxygens (including phenoxy) is 1. The number of amides is 1. The molecule has 2 heterocycles. The lowest BCUT2D eigenvalue weighted by molar-refractivity contribution is -0.149. The predicted octanol–water partition coefficient (Wildman–Crippen LogP) is 3.59. The number of nitrogens with zero attached hydrogens (tertiary/aromatic N) is 5. The number of piperidine rings is 1. The van der Waals surface area contributed by atoms with Gasteiger partial charge in [-0.25, -0.2) is 4.39 Å². The Hall–Kier alpha value is -3.04. The SMILES string of the molecule is CC(C)C[C@]1(O)CCN(C(=O)Cn2nnc(-c3ccc(Cl)cc3)n2)C[C@@H]1Oc1ccc(F)cc1. The van der Waals surface area contributed by atoms with Crippen molar-refractivity contribution in [3.8, 4) is 17.1 Å². The van der Waals surface area contributed by atoms with Crippen molar-refractivity contribution in [2.75, 3.05) is 13.1 Å². The molecule has 1 N–H and O–H groups in total. The fourth-order valence-corrected chi connectivity index (χ4v) is 4.31. The second-order valence-electron chi connectivity index (χ2n) is 9.00. The van der Waals surface area contributed by atoms with E-state index in [2.05, 4.69) is 15.4 Å². The summed E-state index contributed by atoms with van der Waals surface area (Å²) < 4.78 is 19.4. The van der Waals surface area contributed by atoms with Gasteiger partial charge in [0.25, 0.3) is 0 Å². The molecule has 1 saturated heterocycles. The minimum absolute atomic E-state index is 0.0908. The fraction of sp³-hybridized carbons (Fsp3) is 0.417. The highest BCUT2D eigenvalue weighted by Crippen LogP contribution is 2.32. The molecular formula is C24H27ClFN5O3. The lowest BCUT2D eigenvalue weighted by Crippen LogP contribution is -2.59. The van der Waals surface area contributed by atoms with Gasteiger partial charge in [0.15, 0.2) is 0 Å². The summed E-state index contributed by atoms with van der Waals surface area (Å²) in [5.74, 6) is 0.487. The van der Waals surface area contributed by atoms with Gasteiger partial charge in [0.05, 0.1) is 6.54 Å². The van der Waals surface area contributed by atoms with Gasteiger partial charge in [0.1, 0.15) is 29.8 Å². The standard InChI is InChI=1S/C24H27ClFN5O3/c1-16(2)13-24(33)11-12-30(14-21(24)34-20-9-7-19(26)8-10-20)22(32)15-31-28-23(27-29-31)17-3-5-18(25)6-4-17/h3-10,16,21,33H,11-15H2,1-2H3/t21-,24+/m0/s1. The van der Waals surface area contributed by atoms with Gasteiger partial charge >= 0.3 is 0 Å². The summed E-state index contributed by atoms with van der Waals surface area (Å²) in [7, 11) is 0. The third kappa shape index (κ3) is 5.71. The van der Waals surface area contributed by atoms with Crippen LogP contribution < -0.4 is 4.74 Å². The van der Waals surface area contributed by atoms with Crippen LogP contribution in [0.2, 0.25) is 5.02 Å². The maximum atomic E-state index is 13.3. The summed E-state index contributed by atoms with van der Waals surface area (Å²) in [6.07, 6.45) is 0.228.